The quantitative estimate of drug-likeness (QED) is 0.639. The molecule has 0 aromatic rings. The molecule has 2 heterocycles. The Labute approximate surface area is 105 Å². The van der Waals surface area contributed by atoms with Crippen molar-refractivity contribution in [2.24, 2.45) is 11.8 Å². The van der Waals surface area contributed by atoms with E-state index in [4.69, 9.17) is 0 Å². The molecule has 94 valence electrons. The molecule has 4 rings (SSSR count). The third kappa shape index (κ3) is 1.34. The fourth-order valence-corrected chi connectivity index (χ4v) is 5.06. The van der Waals surface area contributed by atoms with E-state index in [9.17, 15) is 0 Å². The third-order valence-electron chi connectivity index (χ3n) is 5.94. The lowest BCUT2D eigenvalue weighted by Gasteiger charge is -2.59. The summed E-state index contributed by atoms with van der Waals surface area (Å²) in [4.78, 5) is 5.59. The van der Waals surface area contributed by atoms with Crippen LogP contribution in [0, 0.1) is 11.8 Å². The monoisotopic (exact) mass is 232 g/mol. The zero-order valence-electron chi connectivity index (χ0n) is 10.9. The predicted molar refractivity (Wildman–Crippen MR) is 69.9 cm³/mol. The van der Waals surface area contributed by atoms with E-state index >= 15 is 0 Å². The minimum atomic E-state index is 0.564. The summed E-state index contributed by atoms with van der Waals surface area (Å²) in [7, 11) is 0. The molecule has 2 aliphatic carbocycles. The first-order valence-corrected chi connectivity index (χ1v) is 7.45. The van der Waals surface area contributed by atoms with Crippen LogP contribution in [-0.4, -0.2) is 47.6 Å². The van der Waals surface area contributed by atoms with Gasteiger partial charge in [-0.05, 0) is 44.1 Å². The topological polar surface area (TPSA) is 6.48 Å². The molecule has 2 aliphatic heterocycles. The summed E-state index contributed by atoms with van der Waals surface area (Å²) in [6.45, 7) is 7.80. The fraction of sp³-hybridized carbons (Fsp3) is 0.867. The normalized spacial score (nSPS) is 50.1. The van der Waals surface area contributed by atoms with E-state index in [2.05, 4.69) is 28.9 Å². The second-order valence-corrected chi connectivity index (χ2v) is 6.72. The SMILES string of the molecule is CC1CC2(N3CCN4CCC[C@@H]4C3)CC=CC12. The molecule has 17 heavy (non-hydrogen) atoms. The second kappa shape index (κ2) is 3.58. The summed E-state index contributed by atoms with van der Waals surface area (Å²) in [5, 5.41) is 0. The van der Waals surface area contributed by atoms with E-state index in [-0.39, 0.29) is 0 Å². The van der Waals surface area contributed by atoms with Crippen LogP contribution in [0.2, 0.25) is 0 Å². The van der Waals surface area contributed by atoms with Crippen molar-refractivity contribution >= 4 is 0 Å². The molecule has 0 amide bonds. The van der Waals surface area contributed by atoms with Gasteiger partial charge in [-0.25, -0.2) is 0 Å². The van der Waals surface area contributed by atoms with Crippen LogP contribution in [0.5, 0.6) is 0 Å². The van der Waals surface area contributed by atoms with Gasteiger partial charge < -0.3 is 0 Å². The van der Waals surface area contributed by atoms with Gasteiger partial charge in [0.2, 0.25) is 0 Å². The van der Waals surface area contributed by atoms with Crippen molar-refractivity contribution in [2.75, 3.05) is 26.2 Å². The Morgan fingerprint density at radius 1 is 1.24 bits per heavy atom. The molecule has 2 nitrogen and oxygen atoms in total. The highest BCUT2D eigenvalue weighted by Crippen LogP contribution is 2.54. The first-order valence-electron chi connectivity index (χ1n) is 7.45. The van der Waals surface area contributed by atoms with E-state index in [1.807, 2.05) is 0 Å². The van der Waals surface area contributed by atoms with Gasteiger partial charge >= 0.3 is 0 Å². The van der Waals surface area contributed by atoms with Gasteiger partial charge in [-0.3, -0.25) is 9.80 Å². The van der Waals surface area contributed by atoms with E-state index in [1.54, 1.807) is 0 Å². The average Bonchev–Trinajstić information content (AvgIpc) is 2.91. The van der Waals surface area contributed by atoms with E-state index in [0.29, 0.717) is 5.54 Å². The standard InChI is InChI=1S/C15H24N2/c1-12-10-15(6-2-5-14(12)15)17-9-8-16-7-3-4-13(16)11-17/h2,5,12-14H,3-4,6-11H2,1H3/t12?,13-,14?,15?/m1/s1. The first kappa shape index (κ1) is 10.6. The molecule has 0 aromatic heterocycles. The van der Waals surface area contributed by atoms with Crippen LogP contribution in [0.1, 0.15) is 32.6 Å². The molecular formula is C15H24N2. The molecule has 0 radical (unpaired) electrons. The van der Waals surface area contributed by atoms with Crippen molar-refractivity contribution in [3.63, 3.8) is 0 Å². The minimum Gasteiger partial charge on any atom is -0.298 e. The Kier molecular flexibility index (Phi) is 2.23. The highest BCUT2D eigenvalue weighted by atomic mass is 15.3. The van der Waals surface area contributed by atoms with Gasteiger partial charge in [-0.15, -0.1) is 0 Å². The Hall–Kier alpha value is -0.340. The van der Waals surface area contributed by atoms with Crippen molar-refractivity contribution in [3.05, 3.63) is 12.2 Å². The maximum Gasteiger partial charge on any atom is 0.0312 e. The highest BCUT2D eigenvalue weighted by Gasteiger charge is 2.56. The molecule has 0 bridgehead atoms. The molecule has 3 fully saturated rings. The van der Waals surface area contributed by atoms with Gasteiger partial charge in [-0.2, -0.15) is 0 Å². The molecule has 3 unspecified atom stereocenters. The molecule has 0 aromatic carbocycles. The minimum absolute atomic E-state index is 0.564. The molecule has 2 saturated heterocycles. The van der Waals surface area contributed by atoms with Gasteiger partial charge in [0.25, 0.3) is 0 Å². The van der Waals surface area contributed by atoms with Gasteiger partial charge in [0, 0.05) is 31.2 Å². The maximum atomic E-state index is 2.87. The smallest absolute Gasteiger partial charge is 0.0312 e. The third-order valence-corrected chi connectivity index (χ3v) is 5.94. The van der Waals surface area contributed by atoms with Crippen molar-refractivity contribution in [1.82, 2.24) is 9.80 Å². The van der Waals surface area contributed by atoms with Gasteiger partial charge in [0.15, 0.2) is 0 Å². The van der Waals surface area contributed by atoms with Crippen LogP contribution in [-0.2, 0) is 0 Å². The predicted octanol–water partition coefficient (Wildman–Crippen LogP) is 2.12. The van der Waals surface area contributed by atoms with Gasteiger partial charge in [0.1, 0.15) is 0 Å². The van der Waals surface area contributed by atoms with Crippen molar-refractivity contribution in [2.45, 2.75) is 44.2 Å². The largest absolute Gasteiger partial charge is 0.298 e. The zero-order chi connectivity index (χ0) is 11.5. The fourth-order valence-electron chi connectivity index (χ4n) is 5.06. The van der Waals surface area contributed by atoms with Crippen molar-refractivity contribution < 1.29 is 0 Å². The van der Waals surface area contributed by atoms with Crippen molar-refractivity contribution in [3.8, 4) is 0 Å². The molecule has 0 N–H and O–H groups in total. The number of fused-ring (bicyclic) bond motifs is 2. The maximum absolute atomic E-state index is 2.87. The number of hydrogen-bond acceptors (Lipinski definition) is 2. The number of nitrogens with zero attached hydrogens (tertiary/aromatic N) is 2. The Bertz CT molecular complexity index is 351. The second-order valence-electron chi connectivity index (χ2n) is 6.72. The van der Waals surface area contributed by atoms with Crippen LogP contribution < -0.4 is 0 Å². The highest BCUT2D eigenvalue weighted by molar-refractivity contribution is 5.23. The Morgan fingerprint density at radius 3 is 3.06 bits per heavy atom. The van der Waals surface area contributed by atoms with Crippen LogP contribution in [0.15, 0.2) is 12.2 Å². The number of piperazine rings is 1. The molecule has 2 heteroatoms. The lowest BCUT2D eigenvalue weighted by molar-refractivity contribution is -0.0811. The molecule has 0 spiro atoms. The summed E-state index contributed by atoms with van der Waals surface area (Å²) < 4.78 is 0. The Morgan fingerprint density at radius 2 is 2.18 bits per heavy atom. The summed E-state index contributed by atoms with van der Waals surface area (Å²) in [5.74, 6) is 1.80. The van der Waals surface area contributed by atoms with Crippen LogP contribution in [0.4, 0.5) is 0 Å². The molecule has 4 atom stereocenters. The number of hydrogen-bond donors (Lipinski definition) is 0. The summed E-state index contributed by atoms with van der Waals surface area (Å²) in [6, 6.07) is 0.885. The number of rotatable bonds is 1. The van der Waals surface area contributed by atoms with Crippen molar-refractivity contribution in [1.29, 1.82) is 0 Å². The summed E-state index contributed by atoms with van der Waals surface area (Å²) >= 11 is 0. The molecule has 1 saturated carbocycles. The first-order chi connectivity index (χ1) is 8.29. The van der Waals surface area contributed by atoms with Crippen LogP contribution in [0.25, 0.3) is 0 Å². The summed E-state index contributed by atoms with van der Waals surface area (Å²) in [5.41, 5.74) is 0.564. The lowest BCUT2D eigenvalue weighted by atomic mass is 9.60. The summed E-state index contributed by atoms with van der Waals surface area (Å²) in [6.07, 6.45) is 10.6. The molecule has 4 aliphatic rings. The Balaban J connectivity index is 1.53. The van der Waals surface area contributed by atoms with E-state index in [0.717, 1.165) is 17.9 Å². The van der Waals surface area contributed by atoms with Gasteiger partial charge in [-0.1, -0.05) is 19.1 Å². The van der Waals surface area contributed by atoms with Crippen LogP contribution in [0.3, 0.4) is 0 Å². The van der Waals surface area contributed by atoms with Crippen LogP contribution >= 0.6 is 0 Å². The van der Waals surface area contributed by atoms with Gasteiger partial charge in [0.05, 0.1) is 0 Å². The van der Waals surface area contributed by atoms with E-state index in [1.165, 1.54) is 51.9 Å². The molecular weight excluding hydrogens is 208 g/mol. The lowest BCUT2D eigenvalue weighted by Crippen LogP contribution is -2.66. The zero-order valence-corrected chi connectivity index (χ0v) is 10.9. The van der Waals surface area contributed by atoms with E-state index < -0.39 is 0 Å². The average molecular weight is 232 g/mol.